The summed E-state index contributed by atoms with van der Waals surface area (Å²) in [6, 6.07) is 6.18. The van der Waals surface area contributed by atoms with E-state index in [0.717, 1.165) is 38.5 Å². The third-order valence-electron chi connectivity index (χ3n) is 5.07. The van der Waals surface area contributed by atoms with E-state index in [0.29, 0.717) is 31.7 Å². The molecule has 8 heteroatoms. The van der Waals surface area contributed by atoms with Gasteiger partial charge in [0, 0.05) is 37.8 Å². The summed E-state index contributed by atoms with van der Waals surface area (Å²) in [6.07, 6.45) is 5.74. The van der Waals surface area contributed by atoms with Gasteiger partial charge < -0.3 is 9.80 Å². The van der Waals surface area contributed by atoms with Crippen molar-refractivity contribution in [3.63, 3.8) is 0 Å². The highest BCUT2D eigenvalue weighted by atomic mass is 32.2. The van der Waals surface area contributed by atoms with Crippen molar-refractivity contribution in [1.29, 1.82) is 0 Å². The number of hydrogen-bond donors (Lipinski definition) is 1. The average Bonchev–Trinajstić information content (AvgIpc) is 2.68. The molecule has 1 aromatic rings. The summed E-state index contributed by atoms with van der Waals surface area (Å²) in [6.45, 7) is 1.90. The standard InChI is InChI=1S/C18H25N3O4S/c22-14-20-9-11-21(12-10-20)18(23)15-5-4-8-17(13-15)26(24,25)19-16-6-2-1-3-7-16/h4-5,8,13-14,16,19H,1-3,6-7,9-12H2. The van der Waals surface area contributed by atoms with E-state index in [4.69, 9.17) is 0 Å². The topological polar surface area (TPSA) is 86.8 Å². The third-order valence-corrected chi connectivity index (χ3v) is 6.59. The predicted molar refractivity (Wildman–Crippen MR) is 97.2 cm³/mol. The van der Waals surface area contributed by atoms with Crippen LogP contribution in [0.5, 0.6) is 0 Å². The molecule has 7 nitrogen and oxygen atoms in total. The van der Waals surface area contributed by atoms with E-state index in [2.05, 4.69) is 4.72 Å². The summed E-state index contributed by atoms with van der Waals surface area (Å²) in [7, 11) is -3.63. The lowest BCUT2D eigenvalue weighted by Crippen LogP contribution is -2.48. The molecule has 0 bridgehead atoms. The number of carbonyl (C=O) groups is 2. The first kappa shape index (κ1) is 18.8. The first-order valence-corrected chi connectivity index (χ1v) is 10.6. The van der Waals surface area contributed by atoms with Crippen LogP contribution in [0, 0.1) is 0 Å². The number of rotatable bonds is 5. The Balaban J connectivity index is 1.71. The van der Waals surface area contributed by atoms with Gasteiger partial charge in [-0.15, -0.1) is 0 Å². The van der Waals surface area contributed by atoms with Crippen LogP contribution in [0.2, 0.25) is 0 Å². The van der Waals surface area contributed by atoms with E-state index in [1.54, 1.807) is 21.9 Å². The molecule has 3 rings (SSSR count). The van der Waals surface area contributed by atoms with Crippen molar-refractivity contribution in [3.05, 3.63) is 29.8 Å². The van der Waals surface area contributed by atoms with Crippen molar-refractivity contribution in [3.8, 4) is 0 Å². The van der Waals surface area contributed by atoms with E-state index in [1.165, 1.54) is 12.1 Å². The molecule has 1 aromatic carbocycles. The minimum atomic E-state index is -3.63. The van der Waals surface area contributed by atoms with Gasteiger partial charge >= 0.3 is 0 Å². The van der Waals surface area contributed by atoms with Crippen molar-refractivity contribution in [2.75, 3.05) is 26.2 Å². The molecule has 1 aliphatic carbocycles. The van der Waals surface area contributed by atoms with Gasteiger partial charge in [-0.1, -0.05) is 25.3 Å². The molecule has 1 saturated carbocycles. The molecule has 1 aliphatic heterocycles. The number of piperazine rings is 1. The van der Waals surface area contributed by atoms with Gasteiger partial charge in [-0.2, -0.15) is 0 Å². The predicted octanol–water partition coefficient (Wildman–Crippen LogP) is 1.21. The summed E-state index contributed by atoms with van der Waals surface area (Å²) in [5, 5.41) is 0. The average molecular weight is 379 g/mol. The van der Waals surface area contributed by atoms with E-state index >= 15 is 0 Å². The number of sulfonamides is 1. The second-order valence-corrected chi connectivity index (χ2v) is 8.63. The number of amides is 2. The molecule has 2 amide bonds. The maximum absolute atomic E-state index is 12.7. The fraction of sp³-hybridized carbons (Fsp3) is 0.556. The summed E-state index contributed by atoms with van der Waals surface area (Å²) in [5.41, 5.74) is 0.357. The van der Waals surface area contributed by atoms with Crippen LogP contribution >= 0.6 is 0 Å². The second kappa shape index (κ2) is 8.18. The molecule has 1 N–H and O–H groups in total. The van der Waals surface area contributed by atoms with Crippen LogP contribution < -0.4 is 4.72 Å². The van der Waals surface area contributed by atoms with Gasteiger partial charge in [0.1, 0.15) is 0 Å². The summed E-state index contributed by atoms with van der Waals surface area (Å²) in [5.74, 6) is -0.203. The number of nitrogens with zero attached hydrogens (tertiary/aromatic N) is 2. The van der Waals surface area contributed by atoms with Crippen LogP contribution in [0.3, 0.4) is 0 Å². The Hall–Kier alpha value is -1.93. The lowest BCUT2D eigenvalue weighted by atomic mass is 9.96. The normalized spacial score (nSPS) is 19.4. The third kappa shape index (κ3) is 4.42. The molecule has 2 fully saturated rings. The largest absolute Gasteiger partial charge is 0.342 e. The molecular formula is C18H25N3O4S. The van der Waals surface area contributed by atoms with Crippen LogP contribution in [0.15, 0.2) is 29.2 Å². The van der Waals surface area contributed by atoms with Gasteiger partial charge in [-0.05, 0) is 31.0 Å². The highest BCUT2D eigenvalue weighted by molar-refractivity contribution is 7.89. The summed E-state index contributed by atoms with van der Waals surface area (Å²) < 4.78 is 28.1. The molecule has 0 radical (unpaired) electrons. The molecule has 26 heavy (non-hydrogen) atoms. The van der Waals surface area contributed by atoms with Gasteiger partial charge in [0.25, 0.3) is 5.91 Å². The molecule has 0 unspecified atom stereocenters. The zero-order valence-electron chi connectivity index (χ0n) is 14.8. The molecule has 1 heterocycles. The minimum Gasteiger partial charge on any atom is -0.342 e. The fourth-order valence-electron chi connectivity index (χ4n) is 3.52. The maximum atomic E-state index is 12.7. The summed E-state index contributed by atoms with van der Waals surface area (Å²) >= 11 is 0. The van der Waals surface area contributed by atoms with Gasteiger partial charge in [0.2, 0.25) is 16.4 Å². The van der Waals surface area contributed by atoms with E-state index in [9.17, 15) is 18.0 Å². The fourth-order valence-corrected chi connectivity index (χ4v) is 4.87. The summed E-state index contributed by atoms with van der Waals surface area (Å²) in [4.78, 5) is 26.8. The molecule has 0 aromatic heterocycles. The number of benzene rings is 1. The lowest BCUT2D eigenvalue weighted by Gasteiger charge is -2.32. The van der Waals surface area contributed by atoms with Crippen molar-refractivity contribution < 1.29 is 18.0 Å². The second-order valence-electron chi connectivity index (χ2n) is 6.92. The Kier molecular flexibility index (Phi) is 5.93. The Bertz CT molecular complexity index is 751. The van der Waals surface area contributed by atoms with Crippen LogP contribution in [-0.4, -0.2) is 62.8 Å². The minimum absolute atomic E-state index is 0.0236. The Morgan fingerprint density at radius 1 is 1.08 bits per heavy atom. The zero-order chi connectivity index (χ0) is 18.6. The molecule has 2 aliphatic rings. The van der Waals surface area contributed by atoms with Crippen LogP contribution in [-0.2, 0) is 14.8 Å². The quantitative estimate of drug-likeness (QED) is 0.779. The molecule has 1 saturated heterocycles. The SMILES string of the molecule is O=CN1CCN(C(=O)c2cccc(S(=O)(=O)NC3CCCCC3)c2)CC1. The van der Waals surface area contributed by atoms with Gasteiger partial charge in [-0.25, -0.2) is 13.1 Å². The van der Waals surface area contributed by atoms with Crippen molar-refractivity contribution >= 4 is 22.3 Å². The van der Waals surface area contributed by atoms with Crippen LogP contribution in [0.25, 0.3) is 0 Å². The van der Waals surface area contributed by atoms with Crippen LogP contribution in [0.1, 0.15) is 42.5 Å². The smallest absolute Gasteiger partial charge is 0.254 e. The van der Waals surface area contributed by atoms with Crippen molar-refractivity contribution in [1.82, 2.24) is 14.5 Å². The molecule has 142 valence electrons. The van der Waals surface area contributed by atoms with E-state index < -0.39 is 10.0 Å². The Morgan fingerprint density at radius 2 is 1.77 bits per heavy atom. The lowest BCUT2D eigenvalue weighted by molar-refractivity contribution is -0.119. The number of carbonyl (C=O) groups excluding carboxylic acids is 2. The number of hydrogen-bond acceptors (Lipinski definition) is 4. The zero-order valence-corrected chi connectivity index (χ0v) is 15.6. The maximum Gasteiger partial charge on any atom is 0.254 e. The van der Waals surface area contributed by atoms with Gasteiger partial charge in [0.15, 0.2) is 0 Å². The highest BCUT2D eigenvalue weighted by Gasteiger charge is 2.25. The highest BCUT2D eigenvalue weighted by Crippen LogP contribution is 2.21. The monoisotopic (exact) mass is 379 g/mol. The molecule has 0 atom stereocenters. The Morgan fingerprint density at radius 3 is 2.42 bits per heavy atom. The first-order chi connectivity index (χ1) is 12.5. The van der Waals surface area contributed by atoms with E-state index in [1.807, 2.05) is 0 Å². The van der Waals surface area contributed by atoms with Gasteiger partial charge in [-0.3, -0.25) is 9.59 Å². The first-order valence-electron chi connectivity index (χ1n) is 9.10. The van der Waals surface area contributed by atoms with E-state index in [-0.39, 0.29) is 16.8 Å². The van der Waals surface area contributed by atoms with Crippen molar-refractivity contribution in [2.24, 2.45) is 0 Å². The van der Waals surface area contributed by atoms with Crippen LogP contribution in [0.4, 0.5) is 0 Å². The molecular weight excluding hydrogens is 354 g/mol. The molecule has 0 spiro atoms. The number of nitrogens with one attached hydrogen (secondary N) is 1. The van der Waals surface area contributed by atoms with Crippen molar-refractivity contribution in [2.45, 2.75) is 43.0 Å². The Labute approximate surface area is 154 Å². The van der Waals surface area contributed by atoms with Gasteiger partial charge in [0.05, 0.1) is 4.90 Å².